The fourth-order valence-electron chi connectivity index (χ4n) is 4.91. The van der Waals surface area contributed by atoms with Gasteiger partial charge in [0.25, 0.3) is 5.91 Å². The number of fused-ring (bicyclic) bond motifs is 1. The Morgan fingerprint density at radius 1 is 1.12 bits per heavy atom. The zero-order chi connectivity index (χ0) is 23.8. The molecule has 6 nitrogen and oxygen atoms in total. The van der Waals surface area contributed by atoms with E-state index in [9.17, 15) is 14.4 Å². The lowest BCUT2D eigenvalue weighted by atomic mass is 9.75. The smallest absolute Gasteiger partial charge is 0.268 e. The van der Waals surface area contributed by atoms with Crippen molar-refractivity contribution in [2.24, 2.45) is 11.3 Å². The van der Waals surface area contributed by atoms with E-state index in [0.29, 0.717) is 35.6 Å². The fraction of sp³-hybridized carbons (Fsp3) is 0.519. The van der Waals surface area contributed by atoms with E-state index in [2.05, 4.69) is 29.5 Å². The van der Waals surface area contributed by atoms with E-state index in [1.165, 1.54) is 12.8 Å². The second-order valence-corrected chi connectivity index (χ2v) is 10.6. The molecule has 2 aliphatic rings. The second kappa shape index (κ2) is 9.16. The van der Waals surface area contributed by atoms with E-state index >= 15 is 0 Å². The Hall–Kier alpha value is -2.89. The summed E-state index contributed by atoms with van der Waals surface area (Å²) in [6, 6.07) is 9.03. The van der Waals surface area contributed by atoms with Crippen molar-refractivity contribution >= 4 is 17.6 Å². The van der Waals surface area contributed by atoms with Gasteiger partial charge in [0.05, 0.1) is 6.04 Å². The highest BCUT2D eigenvalue weighted by Gasteiger charge is 2.36. The van der Waals surface area contributed by atoms with Crippen molar-refractivity contribution in [3.63, 3.8) is 0 Å². The summed E-state index contributed by atoms with van der Waals surface area (Å²) in [6.45, 7) is 7.90. The number of nitrogens with one attached hydrogen (secondary N) is 3. The normalized spacial score (nSPS) is 18.8. The minimum Gasteiger partial charge on any atom is -0.354 e. The number of amides is 2. The Labute approximate surface area is 195 Å². The molecule has 0 aliphatic heterocycles. The molecule has 33 heavy (non-hydrogen) atoms. The molecule has 0 radical (unpaired) electrons. The van der Waals surface area contributed by atoms with Gasteiger partial charge in [-0.3, -0.25) is 14.4 Å². The molecular weight excluding hydrogens is 414 g/mol. The minimum atomic E-state index is -0.615. The van der Waals surface area contributed by atoms with Gasteiger partial charge in [-0.1, -0.05) is 57.0 Å². The van der Waals surface area contributed by atoms with E-state index in [-0.39, 0.29) is 29.1 Å². The molecule has 4 rings (SSSR count). The van der Waals surface area contributed by atoms with Gasteiger partial charge in [-0.25, -0.2) is 0 Å². The number of aromatic nitrogens is 1. The van der Waals surface area contributed by atoms with Gasteiger partial charge in [-0.05, 0) is 55.6 Å². The molecular formula is C27H35N3O3. The summed E-state index contributed by atoms with van der Waals surface area (Å²) in [5, 5.41) is 6.03. The van der Waals surface area contributed by atoms with Gasteiger partial charge >= 0.3 is 0 Å². The molecule has 2 aliphatic carbocycles. The number of hydrogen-bond donors (Lipinski definition) is 3. The lowest BCUT2D eigenvalue weighted by Crippen LogP contribution is -2.47. The van der Waals surface area contributed by atoms with Crippen LogP contribution >= 0.6 is 0 Å². The molecule has 0 bridgehead atoms. The Kier molecular flexibility index (Phi) is 6.46. The van der Waals surface area contributed by atoms with Crippen LogP contribution in [0.15, 0.2) is 30.3 Å². The van der Waals surface area contributed by atoms with Crippen LogP contribution in [0.4, 0.5) is 0 Å². The molecule has 1 saturated carbocycles. The van der Waals surface area contributed by atoms with Gasteiger partial charge in [0.1, 0.15) is 11.7 Å². The van der Waals surface area contributed by atoms with Gasteiger partial charge in [-0.15, -0.1) is 0 Å². The third-order valence-electron chi connectivity index (χ3n) is 6.97. The number of benzene rings is 1. The Morgan fingerprint density at radius 2 is 1.82 bits per heavy atom. The third-order valence-corrected chi connectivity index (χ3v) is 6.97. The van der Waals surface area contributed by atoms with Crippen molar-refractivity contribution in [2.45, 2.75) is 78.3 Å². The second-order valence-electron chi connectivity index (χ2n) is 10.6. The number of aromatic amines is 1. The number of Topliss-reactive ketones (excluding diaryl/α,β-unsaturated/α-hetero) is 1. The van der Waals surface area contributed by atoms with Gasteiger partial charge in [0, 0.05) is 17.7 Å². The molecule has 0 saturated heterocycles. The number of hydrogen-bond acceptors (Lipinski definition) is 3. The number of ketones is 1. The van der Waals surface area contributed by atoms with Crippen molar-refractivity contribution in [3.05, 3.63) is 58.4 Å². The third kappa shape index (κ3) is 5.37. The van der Waals surface area contributed by atoms with E-state index in [0.717, 1.165) is 24.1 Å². The van der Waals surface area contributed by atoms with E-state index < -0.39 is 6.04 Å². The molecule has 0 unspecified atom stereocenters. The van der Waals surface area contributed by atoms with Gasteiger partial charge in [0.2, 0.25) is 5.91 Å². The zero-order valence-corrected chi connectivity index (χ0v) is 20.1. The summed E-state index contributed by atoms with van der Waals surface area (Å²) in [6.07, 6.45) is 5.12. The SMILES string of the molecule is Cc1c(C(=O)N[C@H](CCC2CC2)C(=O)N[C@@H](C)c2ccccc2)[nH]c2c1C(=O)CC(C)(C)C2. The molecule has 2 atom stereocenters. The first-order valence-corrected chi connectivity index (χ1v) is 12.1. The highest BCUT2D eigenvalue weighted by Crippen LogP contribution is 2.37. The average molecular weight is 450 g/mol. The maximum Gasteiger partial charge on any atom is 0.268 e. The predicted molar refractivity (Wildman–Crippen MR) is 128 cm³/mol. The maximum atomic E-state index is 13.2. The topological polar surface area (TPSA) is 91.1 Å². The molecule has 1 aromatic heterocycles. The average Bonchev–Trinajstić information content (AvgIpc) is 3.52. The van der Waals surface area contributed by atoms with E-state index in [4.69, 9.17) is 0 Å². The van der Waals surface area contributed by atoms with Crippen molar-refractivity contribution in [3.8, 4) is 0 Å². The van der Waals surface area contributed by atoms with Gasteiger partial charge in [-0.2, -0.15) is 0 Å². The zero-order valence-electron chi connectivity index (χ0n) is 20.1. The first kappa shape index (κ1) is 23.3. The van der Waals surface area contributed by atoms with Crippen molar-refractivity contribution < 1.29 is 14.4 Å². The summed E-state index contributed by atoms with van der Waals surface area (Å²) < 4.78 is 0. The Bertz CT molecular complexity index is 1050. The fourth-order valence-corrected chi connectivity index (χ4v) is 4.91. The summed E-state index contributed by atoms with van der Waals surface area (Å²) in [5.74, 6) is 0.235. The minimum absolute atomic E-state index is 0.0776. The maximum absolute atomic E-state index is 13.2. The van der Waals surface area contributed by atoms with Gasteiger partial charge in [0.15, 0.2) is 5.78 Å². The standard InChI is InChI=1S/C27H35N3O3/c1-16-23-21(14-27(3,4)15-22(23)31)29-24(16)26(33)30-20(13-12-18-10-11-18)25(32)28-17(2)19-8-6-5-7-9-19/h5-9,17-18,20,29H,10-15H2,1-4H3,(H,28,32)(H,30,33)/t17-,20+/m0/s1. The lowest BCUT2D eigenvalue weighted by molar-refractivity contribution is -0.123. The summed E-state index contributed by atoms with van der Waals surface area (Å²) in [4.78, 5) is 42.3. The number of carbonyl (C=O) groups excluding carboxylic acids is 3. The molecule has 2 aromatic rings. The predicted octanol–water partition coefficient (Wildman–Crippen LogP) is 4.64. The first-order valence-electron chi connectivity index (χ1n) is 12.1. The molecule has 1 fully saturated rings. The van der Waals surface area contributed by atoms with Crippen LogP contribution < -0.4 is 10.6 Å². The van der Waals surface area contributed by atoms with Crippen LogP contribution in [0.1, 0.15) is 96.6 Å². The molecule has 176 valence electrons. The molecule has 6 heteroatoms. The highest BCUT2D eigenvalue weighted by molar-refractivity contribution is 6.05. The van der Waals surface area contributed by atoms with Crippen LogP contribution in [0.25, 0.3) is 0 Å². The molecule has 1 heterocycles. The summed E-state index contributed by atoms with van der Waals surface area (Å²) >= 11 is 0. The van der Waals surface area contributed by atoms with Crippen LogP contribution in [0.2, 0.25) is 0 Å². The highest BCUT2D eigenvalue weighted by atomic mass is 16.2. The lowest BCUT2D eigenvalue weighted by Gasteiger charge is -2.28. The largest absolute Gasteiger partial charge is 0.354 e. The van der Waals surface area contributed by atoms with Crippen molar-refractivity contribution in [2.75, 3.05) is 0 Å². The number of rotatable bonds is 8. The van der Waals surface area contributed by atoms with E-state index in [1.54, 1.807) is 0 Å². The molecule has 0 spiro atoms. The number of H-pyrrole nitrogens is 1. The number of carbonyl (C=O) groups is 3. The van der Waals surface area contributed by atoms with E-state index in [1.807, 2.05) is 44.2 Å². The van der Waals surface area contributed by atoms with Crippen LogP contribution in [-0.4, -0.2) is 28.6 Å². The quantitative estimate of drug-likeness (QED) is 0.548. The van der Waals surface area contributed by atoms with Crippen molar-refractivity contribution in [1.29, 1.82) is 0 Å². The monoisotopic (exact) mass is 449 g/mol. The molecule has 2 amide bonds. The Balaban J connectivity index is 1.50. The molecule has 3 N–H and O–H groups in total. The van der Waals surface area contributed by atoms with Crippen LogP contribution in [0.3, 0.4) is 0 Å². The van der Waals surface area contributed by atoms with Crippen LogP contribution in [0, 0.1) is 18.3 Å². The summed E-state index contributed by atoms with van der Waals surface area (Å²) in [7, 11) is 0. The summed E-state index contributed by atoms with van der Waals surface area (Å²) in [5.41, 5.74) is 3.45. The Morgan fingerprint density at radius 3 is 2.48 bits per heavy atom. The van der Waals surface area contributed by atoms with Gasteiger partial charge < -0.3 is 15.6 Å². The van der Waals surface area contributed by atoms with Crippen LogP contribution in [-0.2, 0) is 11.2 Å². The first-order chi connectivity index (χ1) is 15.6. The van der Waals surface area contributed by atoms with Crippen molar-refractivity contribution in [1.82, 2.24) is 15.6 Å². The molecule has 1 aromatic carbocycles. The van der Waals surface area contributed by atoms with Crippen LogP contribution in [0.5, 0.6) is 0 Å².